The van der Waals surface area contributed by atoms with Gasteiger partial charge in [-0.15, -0.1) is 0 Å². The van der Waals surface area contributed by atoms with Gasteiger partial charge in [-0.2, -0.15) is 0 Å². The first-order valence-electron chi connectivity index (χ1n) is 11.7. The Labute approximate surface area is 218 Å². The van der Waals surface area contributed by atoms with Crippen LogP contribution in [0.15, 0.2) is 103 Å². The summed E-state index contributed by atoms with van der Waals surface area (Å²) in [7, 11) is -1.70. The van der Waals surface area contributed by atoms with Crippen molar-refractivity contribution in [2.24, 2.45) is 4.99 Å². The van der Waals surface area contributed by atoms with E-state index >= 15 is 0 Å². The zero-order valence-electron chi connectivity index (χ0n) is 20.1. The van der Waals surface area contributed by atoms with Crippen LogP contribution in [0.5, 0.6) is 17.2 Å². The van der Waals surface area contributed by atoms with Gasteiger partial charge in [-0.25, -0.2) is 9.66 Å². The highest BCUT2D eigenvalue weighted by molar-refractivity contribution is 7.43. The highest BCUT2D eigenvalue weighted by Crippen LogP contribution is 2.41. The van der Waals surface area contributed by atoms with Gasteiger partial charge in [-0.3, -0.25) is 0 Å². The van der Waals surface area contributed by atoms with Gasteiger partial charge in [0, 0.05) is 31.2 Å². The lowest BCUT2D eigenvalue weighted by Gasteiger charge is -2.37. The molecule has 1 fully saturated rings. The number of hydrogen-bond acceptors (Lipinski definition) is 6. The van der Waals surface area contributed by atoms with Gasteiger partial charge in [0.15, 0.2) is 5.75 Å². The predicted molar refractivity (Wildman–Crippen MR) is 149 cm³/mol. The molecule has 0 radical (unpaired) electrons. The molecule has 1 atom stereocenters. The molecule has 1 N–H and O–H groups in total. The van der Waals surface area contributed by atoms with Crippen LogP contribution in [-0.4, -0.2) is 46.5 Å². The number of halogens is 1. The zero-order chi connectivity index (χ0) is 25.3. The highest BCUT2D eigenvalue weighted by atomic mass is 35.5. The summed E-state index contributed by atoms with van der Waals surface area (Å²) in [6, 6.07) is 22.7. The molecule has 1 saturated heterocycles. The number of piperazine rings is 1. The number of amidine groups is 1. The smallest absolute Gasteiger partial charge is 0.318 e. The topological polar surface area (TPSA) is 57.5 Å². The number of fused-ring (bicyclic) bond motifs is 2. The van der Waals surface area contributed by atoms with Crippen molar-refractivity contribution < 1.29 is 14.2 Å². The molecule has 2 aliphatic heterocycles. The van der Waals surface area contributed by atoms with Crippen molar-refractivity contribution in [1.29, 1.82) is 0 Å². The summed E-state index contributed by atoms with van der Waals surface area (Å²) < 4.78 is 13.8. The van der Waals surface area contributed by atoms with E-state index in [1.807, 2.05) is 96.5 Å². The fourth-order valence-corrected chi connectivity index (χ4v) is 4.90. The van der Waals surface area contributed by atoms with Crippen molar-refractivity contribution in [3.05, 3.63) is 108 Å². The van der Waals surface area contributed by atoms with E-state index in [-0.39, 0.29) is 0 Å². The number of aliphatic imine (C=N–C) groups is 1. The Bertz CT molecular complexity index is 1230. The predicted octanol–water partition coefficient (Wildman–Crippen LogP) is 7.19. The van der Waals surface area contributed by atoms with E-state index in [2.05, 4.69) is 11.5 Å². The Morgan fingerprint density at radius 3 is 2.42 bits per heavy atom. The minimum absolute atomic E-state index is 0.634. The maximum absolute atomic E-state index is 10.6. The lowest BCUT2D eigenvalue weighted by Crippen LogP contribution is -2.47. The maximum atomic E-state index is 10.6. The number of para-hydroxylation sites is 3. The summed E-state index contributed by atoms with van der Waals surface area (Å²) in [5.41, 5.74) is 1.65. The monoisotopic (exact) mass is 521 g/mol. The van der Waals surface area contributed by atoms with E-state index in [0.29, 0.717) is 37.0 Å². The first-order chi connectivity index (χ1) is 17.6. The molecule has 0 amide bonds. The van der Waals surface area contributed by atoms with Crippen LogP contribution in [0.3, 0.4) is 0 Å². The molecule has 0 saturated carbocycles. The second-order valence-corrected chi connectivity index (χ2v) is 9.70. The van der Waals surface area contributed by atoms with Crippen molar-refractivity contribution >= 4 is 31.7 Å². The molecule has 0 aliphatic carbocycles. The van der Waals surface area contributed by atoms with Crippen molar-refractivity contribution in [2.75, 3.05) is 26.2 Å². The van der Waals surface area contributed by atoms with Crippen LogP contribution >= 0.6 is 20.1 Å². The minimum Gasteiger partial charge on any atom is -0.454 e. The lowest BCUT2D eigenvalue weighted by molar-refractivity contribution is 0.244. The van der Waals surface area contributed by atoms with Crippen LogP contribution in [0.25, 0.3) is 0 Å². The van der Waals surface area contributed by atoms with Gasteiger partial charge in [-0.1, -0.05) is 66.7 Å². The second-order valence-electron chi connectivity index (χ2n) is 8.00. The van der Waals surface area contributed by atoms with Crippen molar-refractivity contribution in [2.45, 2.75) is 6.92 Å². The van der Waals surface area contributed by atoms with Gasteiger partial charge in [-0.05, 0) is 49.4 Å². The van der Waals surface area contributed by atoms with Gasteiger partial charge >= 0.3 is 8.53 Å². The molecule has 8 heteroatoms. The van der Waals surface area contributed by atoms with Crippen molar-refractivity contribution in [3.8, 4) is 17.2 Å². The molecule has 0 aromatic heterocycles. The summed E-state index contributed by atoms with van der Waals surface area (Å²) in [5.74, 6) is 2.94. The highest BCUT2D eigenvalue weighted by Gasteiger charge is 2.29. The molecule has 3 aromatic rings. The summed E-state index contributed by atoms with van der Waals surface area (Å²) >= 11 is 6.30. The van der Waals surface area contributed by atoms with Crippen LogP contribution in [0, 0.1) is 0 Å². The van der Waals surface area contributed by atoms with E-state index < -0.39 is 8.53 Å². The Morgan fingerprint density at radius 2 is 1.72 bits per heavy atom. The average Bonchev–Trinajstić information content (AvgIpc) is 3.07. The molecular weight excluding hydrogens is 493 g/mol. The summed E-state index contributed by atoms with van der Waals surface area (Å²) in [6.07, 6.45) is 5.58. The third-order valence-electron chi connectivity index (χ3n) is 5.55. The van der Waals surface area contributed by atoms with E-state index in [9.17, 15) is 4.89 Å². The SMILES string of the molecule is C=C/C=C\C.OP(Oc1ccccc1)N1CCN(C2=Nc3ccccc3Oc3ccc(Cl)cc32)CC1. The maximum Gasteiger partial charge on any atom is 0.318 e. The third-order valence-corrected chi connectivity index (χ3v) is 7.04. The zero-order valence-corrected chi connectivity index (χ0v) is 21.8. The van der Waals surface area contributed by atoms with Crippen LogP contribution in [0.1, 0.15) is 12.5 Å². The van der Waals surface area contributed by atoms with Crippen LogP contribution < -0.4 is 9.26 Å². The van der Waals surface area contributed by atoms with Crippen LogP contribution in [0.2, 0.25) is 5.02 Å². The van der Waals surface area contributed by atoms with Crippen molar-refractivity contribution in [3.63, 3.8) is 0 Å². The molecule has 2 aliphatic rings. The lowest BCUT2D eigenvalue weighted by atomic mass is 10.1. The number of hydrogen-bond donors (Lipinski definition) is 1. The van der Waals surface area contributed by atoms with E-state index in [1.54, 1.807) is 6.08 Å². The van der Waals surface area contributed by atoms with Gasteiger partial charge in [0.1, 0.15) is 23.0 Å². The van der Waals surface area contributed by atoms with E-state index in [4.69, 9.17) is 25.9 Å². The molecule has 3 aromatic carbocycles. The fraction of sp³-hybridized carbons (Fsp3) is 0.179. The van der Waals surface area contributed by atoms with Crippen molar-refractivity contribution in [1.82, 2.24) is 9.57 Å². The van der Waals surface area contributed by atoms with Gasteiger partial charge < -0.3 is 19.1 Å². The standard InChI is InChI=1S/C23H21ClN3O3P.C5H8/c24-17-10-11-21-19(16-17)23(25-20-8-4-5-9-22(20)29-21)26-12-14-27(15-13-26)31(28)30-18-6-2-1-3-7-18;1-3-5-4-2/h1-11,16,28H,12-15H2;3-5H,1H2,2H3/b;5-4-. The number of allylic oxidation sites excluding steroid dienone is 3. The number of ether oxygens (including phenoxy) is 1. The Balaban J connectivity index is 0.000000556. The second kappa shape index (κ2) is 12.7. The van der Waals surface area contributed by atoms with Crippen LogP contribution in [0.4, 0.5) is 5.69 Å². The minimum atomic E-state index is -1.70. The van der Waals surface area contributed by atoms with E-state index in [1.165, 1.54) is 0 Å². The summed E-state index contributed by atoms with van der Waals surface area (Å²) in [5, 5.41) is 0.634. The molecular formula is C28H29ClN3O3P. The summed E-state index contributed by atoms with van der Waals surface area (Å²) in [4.78, 5) is 17.7. The first kappa shape index (κ1) is 25.9. The molecule has 186 valence electrons. The van der Waals surface area contributed by atoms with E-state index in [0.717, 1.165) is 28.6 Å². The molecule has 6 nitrogen and oxygen atoms in total. The van der Waals surface area contributed by atoms with Gasteiger partial charge in [0.25, 0.3) is 0 Å². The molecule has 0 spiro atoms. The number of rotatable bonds is 4. The Morgan fingerprint density at radius 1 is 1.00 bits per heavy atom. The molecule has 1 unspecified atom stereocenters. The fourth-order valence-electron chi connectivity index (χ4n) is 3.78. The molecule has 2 heterocycles. The Hall–Kier alpha value is -3.15. The van der Waals surface area contributed by atoms with Crippen LogP contribution in [-0.2, 0) is 0 Å². The average molecular weight is 522 g/mol. The Kier molecular flexibility index (Phi) is 9.15. The van der Waals surface area contributed by atoms with Gasteiger partial charge in [0.2, 0.25) is 0 Å². The number of benzene rings is 3. The largest absolute Gasteiger partial charge is 0.454 e. The quantitative estimate of drug-likeness (QED) is 0.291. The van der Waals surface area contributed by atoms with Gasteiger partial charge in [0.05, 0.1) is 5.56 Å². The normalized spacial score (nSPS) is 15.9. The summed E-state index contributed by atoms with van der Waals surface area (Å²) in [6.45, 7) is 8.14. The number of nitrogens with zero attached hydrogens (tertiary/aromatic N) is 3. The third kappa shape index (κ3) is 6.54. The molecule has 0 bridgehead atoms. The molecule has 36 heavy (non-hydrogen) atoms. The molecule has 5 rings (SSSR count). The first-order valence-corrected chi connectivity index (χ1v) is 13.2.